The van der Waals surface area contributed by atoms with Crippen molar-refractivity contribution < 1.29 is 0 Å². The molecular formula is C49H31NS. The minimum absolute atomic E-state index is 0.466. The van der Waals surface area contributed by atoms with E-state index in [-0.39, 0.29) is 0 Å². The Bertz CT molecular complexity index is 2750. The van der Waals surface area contributed by atoms with E-state index in [1.165, 1.54) is 87.2 Å². The van der Waals surface area contributed by atoms with Crippen LogP contribution in [0.1, 0.15) is 22.3 Å². The van der Waals surface area contributed by atoms with Crippen molar-refractivity contribution >= 4 is 48.6 Å². The summed E-state index contributed by atoms with van der Waals surface area (Å²) in [6.45, 7) is 0. The van der Waals surface area contributed by atoms with E-state index in [9.17, 15) is 0 Å². The zero-order valence-electron chi connectivity index (χ0n) is 27.8. The van der Waals surface area contributed by atoms with E-state index < -0.39 is 5.41 Å². The van der Waals surface area contributed by atoms with E-state index in [0.29, 0.717) is 0 Å². The standard InChI is InChI=1S/C49H31NS/c1-2-14-32(15-3-1)33-28-30-34(31-29-33)50(45-26-13-21-40-38-19-7-11-27-46(38)51-48(40)45)44-25-12-20-39-37-18-6-10-24-43(37)49(47(39)44)41-22-8-4-16-35(41)36-17-5-9-23-42(36)49/h1-31H. The van der Waals surface area contributed by atoms with Gasteiger partial charge in [0.2, 0.25) is 0 Å². The number of rotatable bonds is 4. The second-order valence-electron chi connectivity index (χ2n) is 13.6. The number of benzene rings is 8. The maximum Gasteiger partial charge on any atom is 0.0746 e. The fourth-order valence-electron chi connectivity index (χ4n) is 9.07. The van der Waals surface area contributed by atoms with Gasteiger partial charge < -0.3 is 4.90 Å². The summed E-state index contributed by atoms with van der Waals surface area (Å²) in [7, 11) is 0. The highest BCUT2D eigenvalue weighted by atomic mass is 32.1. The van der Waals surface area contributed by atoms with E-state index in [0.717, 1.165) is 5.69 Å². The summed E-state index contributed by atoms with van der Waals surface area (Å²) in [4.78, 5) is 2.54. The van der Waals surface area contributed by atoms with Crippen LogP contribution in [0.15, 0.2) is 188 Å². The lowest BCUT2D eigenvalue weighted by molar-refractivity contribution is 0.793. The molecule has 0 bridgehead atoms. The number of anilines is 3. The zero-order valence-corrected chi connectivity index (χ0v) is 28.6. The molecule has 1 nitrogen and oxygen atoms in total. The lowest BCUT2D eigenvalue weighted by atomic mass is 9.70. The molecule has 0 saturated carbocycles. The minimum atomic E-state index is -0.466. The highest BCUT2D eigenvalue weighted by Crippen LogP contribution is 2.65. The van der Waals surface area contributed by atoms with Gasteiger partial charge in [-0.1, -0.05) is 158 Å². The molecule has 51 heavy (non-hydrogen) atoms. The monoisotopic (exact) mass is 665 g/mol. The second-order valence-corrected chi connectivity index (χ2v) is 14.6. The SMILES string of the molecule is c1ccc(-c2ccc(N(c3cccc4c3C3(c5ccccc5-c5ccccc53)c3ccccc3-4)c3cccc4c3sc3ccccc34)cc2)cc1. The Balaban J connectivity index is 1.25. The number of fused-ring (bicyclic) bond motifs is 13. The smallest absolute Gasteiger partial charge is 0.0746 e. The van der Waals surface area contributed by atoms with Crippen molar-refractivity contribution in [1.29, 1.82) is 0 Å². The molecule has 11 rings (SSSR count). The van der Waals surface area contributed by atoms with Crippen molar-refractivity contribution in [2.75, 3.05) is 4.90 Å². The molecule has 9 aromatic rings. The van der Waals surface area contributed by atoms with Crippen LogP contribution in [0, 0.1) is 0 Å². The van der Waals surface area contributed by atoms with Crippen molar-refractivity contribution in [2.24, 2.45) is 0 Å². The van der Waals surface area contributed by atoms with Crippen LogP contribution in [0.2, 0.25) is 0 Å². The Morgan fingerprint density at radius 3 is 1.59 bits per heavy atom. The summed E-state index contributed by atoms with van der Waals surface area (Å²) in [6, 6.07) is 69.7. The Labute approximate surface area is 301 Å². The predicted molar refractivity (Wildman–Crippen MR) is 216 cm³/mol. The molecule has 0 aliphatic heterocycles. The molecule has 0 amide bonds. The zero-order chi connectivity index (χ0) is 33.5. The topological polar surface area (TPSA) is 3.24 Å². The molecule has 0 fully saturated rings. The van der Waals surface area contributed by atoms with Gasteiger partial charge in [-0.05, 0) is 80.4 Å². The first kappa shape index (κ1) is 28.6. The number of nitrogens with zero attached hydrogens (tertiary/aromatic N) is 1. The van der Waals surface area contributed by atoms with Gasteiger partial charge in [-0.25, -0.2) is 0 Å². The van der Waals surface area contributed by atoms with Gasteiger partial charge in [0, 0.05) is 26.7 Å². The molecular weight excluding hydrogens is 635 g/mol. The molecule has 0 unspecified atom stereocenters. The number of hydrogen-bond acceptors (Lipinski definition) is 2. The van der Waals surface area contributed by atoms with Gasteiger partial charge in [0.25, 0.3) is 0 Å². The molecule has 0 atom stereocenters. The van der Waals surface area contributed by atoms with E-state index >= 15 is 0 Å². The summed E-state index contributed by atoms with van der Waals surface area (Å²) in [5, 5.41) is 2.60. The van der Waals surface area contributed by atoms with Crippen LogP contribution >= 0.6 is 11.3 Å². The fourth-order valence-corrected chi connectivity index (χ4v) is 10.3. The van der Waals surface area contributed by atoms with Gasteiger partial charge in [-0.2, -0.15) is 0 Å². The third kappa shape index (κ3) is 3.91. The Kier molecular flexibility index (Phi) is 6.11. The molecule has 0 saturated heterocycles. The van der Waals surface area contributed by atoms with Crippen molar-refractivity contribution in [3.63, 3.8) is 0 Å². The van der Waals surface area contributed by atoms with Crippen LogP contribution in [0.4, 0.5) is 17.1 Å². The molecule has 2 heteroatoms. The molecule has 2 aliphatic carbocycles. The summed E-state index contributed by atoms with van der Waals surface area (Å²) in [5.74, 6) is 0. The average Bonchev–Trinajstić information content (AvgIpc) is 3.84. The average molecular weight is 666 g/mol. The van der Waals surface area contributed by atoms with Gasteiger partial charge >= 0.3 is 0 Å². The molecule has 0 radical (unpaired) electrons. The number of hydrogen-bond donors (Lipinski definition) is 0. The molecule has 1 spiro atoms. The fraction of sp³-hybridized carbons (Fsp3) is 0.0204. The summed E-state index contributed by atoms with van der Waals surface area (Å²) in [6.07, 6.45) is 0. The van der Waals surface area contributed by atoms with Crippen molar-refractivity contribution in [3.8, 4) is 33.4 Å². The van der Waals surface area contributed by atoms with Crippen LogP contribution in [0.5, 0.6) is 0 Å². The third-order valence-corrected chi connectivity index (χ3v) is 12.3. The summed E-state index contributed by atoms with van der Waals surface area (Å²) in [5.41, 5.74) is 16.1. The van der Waals surface area contributed by atoms with E-state index in [1.807, 2.05) is 11.3 Å². The molecule has 1 aromatic heterocycles. The van der Waals surface area contributed by atoms with Gasteiger partial charge in [0.05, 0.1) is 21.5 Å². The van der Waals surface area contributed by atoms with Gasteiger partial charge in [-0.3, -0.25) is 0 Å². The largest absolute Gasteiger partial charge is 0.309 e. The first-order chi connectivity index (χ1) is 25.3. The molecule has 238 valence electrons. The quantitative estimate of drug-likeness (QED) is 0.181. The van der Waals surface area contributed by atoms with E-state index in [4.69, 9.17) is 0 Å². The van der Waals surface area contributed by atoms with Crippen LogP contribution < -0.4 is 4.90 Å². The maximum absolute atomic E-state index is 2.54. The van der Waals surface area contributed by atoms with Crippen LogP contribution in [0.25, 0.3) is 53.6 Å². The van der Waals surface area contributed by atoms with Gasteiger partial charge in [0.15, 0.2) is 0 Å². The van der Waals surface area contributed by atoms with Crippen LogP contribution in [0.3, 0.4) is 0 Å². The predicted octanol–water partition coefficient (Wildman–Crippen LogP) is 13.5. The van der Waals surface area contributed by atoms with Crippen molar-refractivity contribution in [1.82, 2.24) is 0 Å². The Hall–Kier alpha value is -6.22. The van der Waals surface area contributed by atoms with Gasteiger partial charge in [0.1, 0.15) is 0 Å². The maximum atomic E-state index is 2.54. The van der Waals surface area contributed by atoms with Crippen molar-refractivity contribution in [2.45, 2.75) is 5.41 Å². The van der Waals surface area contributed by atoms with E-state index in [1.54, 1.807) is 0 Å². The van der Waals surface area contributed by atoms with Gasteiger partial charge in [-0.15, -0.1) is 11.3 Å². The Morgan fingerprint density at radius 1 is 0.373 bits per heavy atom. The molecule has 8 aromatic carbocycles. The lowest BCUT2D eigenvalue weighted by Crippen LogP contribution is -2.28. The Morgan fingerprint density at radius 2 is 0.882 bits per heavy atom. The highest BCUT2D eigenvalue weighted by Gasteiger charge is 2.53. The van der Waals surface area contributed by atoms with Crippen LogP contribution in [-0.4, -0.2) is 0 Å². The summed E-state index contributed by atoms with van der Waals surface area (Å²) < 4.78 is 2.60. The minimum Gasteiger partial charge on any atom is -0.309 e. The molecule has 2 aliphatic rings. The number of thiophene rings is 1. The lowest BCUT2D eigenvalue weighted by Gasteiger charge is -2.36. The van der Waals surface area contributed by atoms with Crippen molar-refractivity contribution in [3.05, 3.63) is 210 Å². The first-order valence-corrected chi connectivity index (χ1v) is 18.4. The summed E-state index contributed by atoms with van der Waals surface area (Å²) >= 11 is 1.89. The molecule has 0 N–H and O–H groups in total. The molecule has 1 heterocycles. The normalized spacial score (nSPS) is 13.3. The third-order valence-electron chi connectivity index (χ3n) is 11.1. The highest BCUT2D eigenvalue weighted by molar-refractivity contribution is 7.26. The van der Waals surface area contributed by atoms with Crippen LogP contribution in [-0.2, 0) is 5.41 Å². The second kappa shape index (κ2) is 10.9. The first-order valence-electron chi connectivity index (χ1n) is 17.6. The van der Waals surface area contributed by atoms with E-state index in [2.05, 4.69) is 193 Å².